The maximum Gasteiger partial charge on any atom is 0.269 e. The number of hydrogen-bond acceptors (Lipinski definition) is 4. The molecule has 1 atom stereocenters. The SMILES string of the molecule is Cc1cc([N+](=O)[O-])ccc1N=C1SC(C)(C)CN1[C@@H](C)C1CCCCC1. The Hall–Kier alpha value is -1.56. The fourth-order valence-corrected chi connectivity index (χ4v) is 5.26. The quantitative estimate of drug-likeness (QED) is 0.501. The highest BCUT2D eigenvalue weighted by Crippen LogP contribution is 2.41. The van der Waals surface area contributed by atoms with Gasteiger partial charge in [-0.1, -0.05) is 31.0 Å². The average Bonchev–Trinajstić information content (AvgIpc) is 2.91. The Morgan fingerprint density at radius 1 is 1.31 bits per heavy atom. The van der Waals surface area contributed by atoms with Crippen molar-refractivity contribution in [2.24, 2.45) is 10.9 Å². The molecular weight excluding hydrogens is 346 g/mol. The molecule has 0 spiro atoms. The Balaban J connectivity index is 1.87. The highest BCUT2D eigenvalue weighted by atomic mass is 32.2. The summed E-state index contributed by atoms with van der Waals surface area (Å²) in [4.78, 5) is 18.0. The van der Waals surface area contributed by atoms with Gasteiger partial charge < -0.3 is 4.90 Å². The van der Waals surface area contributed by atoms with Crippen LogP contribution in [0.2, 0.25) is 0 Å². The molecule has 1 aromatic carbocycles. The van der Waals surface area contributed by atoms with Crippen LogP contribution in [0, 0.1) is 23.0 Å². The molecule has 1 saturated heterocycles. The van der Waals surface area contributed by atoms with Crippen molar-refractivity contribution in [2.45, 2.75) is 70.6 Å². The van der Waals surface area contributed by atoms with E-state index in [9.17, 15) is 10.1 Å². The van der Waals surface area contributed by atoms with E-state index in [0.717, 1.165) is 28.9 Å². The van der Waals surface area contributed by atoms with Gasteiger partial charge >= 0.3 is 0 Å². The van der Waals surface area contributed by atoms with Gasteiger partial charge in [-0.3, -0.25) is 10.1 Å². The first-order valence-corrected chi connectivity index (χ1v) is 10.4. The van der Waals surface area contributed by atoms with Crippen LogP contribution >= 0.6 is 11.8 Å². The van der Waals surface area contributed by atoms with Crippen LogP contribution in [0.15, 0.2) is 23.2 Å². The molecule has 1 aromatic rings. The number of aliphatic imine (C=N–C) groups is 1. The van der Waals surface area contributed by atoms with Crippen molar-refractivity contribution in [3.63, 3.8) is 0 Å². The number of nitrogens with zero attached hydrogens (tertiary/aromatic N) is 3. The lowest BCUT2D eigenvalue weighted by atomic mass is 9.84. The zero-order valence-electron chi connectivity index (χ0n) is 16.2. The van der Waals surface area contributed by atoms with E-state index in [-0.39, 0.29) is 15.4 Å². The van der Waals surface area contributed by atoms with Gasteiger partial charge in [-0.25, -0.2) is 4.99 Å². The topological polar surface area (TPSA) is 58.7 Å². The molecule has 2 aliphatic rings. The fraction of sp³-hybridized carbons (Fsp3) is 0.650. The van der Waals surface area contributed by atoms with Crippen LogP contribution in [-0.4, -0.2) is 32.3 Å². The van der Waals surface area contributed by atoms with E-state index in [4.69, 9.17) is 4.99 Å². The van der Waals surface area contributed by atoms with Gasteiger partial charge in [0, 0.05) is 29.5 Å². The van der Waals surface area contributed by atoms with Gasteiger partial charge in [0.2, 0.25) is 0 Å². The number of amidine groups is 1. The van der Waals surface area contributed by atoms with Crippen molar-refractivity contribution in [3.8, 4) is 0 Å². The molecule has 0 N–H and O–H groups in total. The summed E-state index contributed by atoms with van der Waals surface area (Å²) in [6.07, 6.45) is 6.67. The Morgan fingerprint density at radius 3 is 2.62 bits per heavy atom. The summed E-state index contributed by atoms with van der Waals surface area (Å²) in [5, 5.41) is 12.0. The number of rotatable bonds is 4. The third-order valence-corrected chi connectivity index (χ3v) is 6.79. The third-order valence-electron chi connectivity index (χ3n) is 5.60. The fourth-order valence-electron chi connectivity index (χ4n) is 4.07. The minimum absolute atomic E-state index is 0.123. The Bertz CT molecular complexity index is 711. The van der Waals surface area contributed by atoms with Crippen LogP contribution in [-0.2, 0) is 0 Å². The third kappa shape index (κ3) is 4.22. The van der Waals surface area contributed by atoms with E-state index in [1.165, 1.54) is 32.1 Å². The van der Waals surface area contributed by atoms with Crippen molar-refractivity contribution in [2.75, 3.05) is 6.54 Å². The summed E-state index contributed by atoms with van der Waals surface area (Å²) < 4.78 is 0.135. The Labute approximate surface area is 160 Å². The molecule has 5 nitrogen and oxygen atoms in total. The standard InChI is InChI=1S/C20H29N3O2S/c1-14-12-17(23(24)25)10-11-18(14)21-19-22(13-20(3,4)26-19)15(2)16-8-6-5-7-9-16/h10-12,15-16H,5-9,13H2,1-4H3/t15-/m0/s1. The summed E-state index contributed by atoms with van der Waals surface area (Å²) in [7, 11) is 0. The predicted octanol–water partition coefficient (Wildman–Crippen LogP) is 5.69. The van der Waals surface area contributed by atoms with Crippen LogP contribution in [0.3, 0.4) is 0 Å². The van der Waals surface area contributed by atoms with Crippen molar-refractivity contribution in [1.29, 1.82) is 0 Å². The summed E-state index contributed by atoms with van der Waals surface area (Å²) in [5.41, 5.74) is 1.80. The van der Waals surface area contributed by atoms with Gasteiger partial charge in [-0.15, -0.1) is 0 Å². The first-order valence-electron chi connectivity index (χ1n) is 9.56. The average molecular weight is 376 g/mol. The highest BCUT2D eigenvalue weighted by Gasteiger charge is 2.39. The largest absolute Gasteiger partial charge is 0.347 e. The number of aryl methyl sites for hydroxylation is 1. The second kappa shape index (κ2) is 7.59. The smallest absolute Gasteiger partial charge is 0.269 e. The van der Waals surface area contributed by atoms with Crippen LogP contribution < -0.4 is 0 Å². The van der Waals surface area contributed by atoms with Crippen molar-refractivity contribution in [1.82, 2.24) is 4.90 Å². The summed E-state index contributed by atoms with van der Waals surface area (Å²) in [6, 6.07) is 5.42. The number of nitro benzene ring substituents is 1. The van der Waals surface area contributed by atoms with Gasteiger partial charge in [0.1, 0.15) is 0 Å². The van der Waals surface area contributed by atoms with E-state index < -0.39 is 0 Å². The molecule has 2 fully saturated rings. The molecule has 0 bridgehead atoms. The molecule has 1 aliphatic carbocycles. The summed E-state index contributed by atoms with van der Waals surface area (Å²) >= 11 is 1.82. The minimum atomic E-state index is -0.352. The first kappa shape index (κ1) is 19.2. The van der Waals surface area contributed by atoms with Crippen molar-refractivity contribution < 1.29 is 4.92 Å². The Kier molecular flexibility index (Phi) is 5.61. The molecule has 0 aromatic heterocycles. The lowest BCUT2D eigenvalue weighted by Crippen LogP contribution is -2.41. The van der Waals surface area contributed by atoms with E-state index in [1.54, 1.807) is 18.2 Å². The van der Waals surface area contributed by atoms with Crippen molar-refractivity contribution in [3.05, 3.63) is 33.9 Å². The van der Waals surface area contributed by atoms with Crippen LogP contribution in [0.1, 0.15) is 58.4 Å². The van der Waals surface area contributed by atoms with Crippen LogP contribution in [0.4, 0.5) is 11.4 Å². The zero-order valence-corrected chi connectivity index (χ0v) is 17.0. The number of non-ortho nitro benzene ring substituents is 1. The molecule has 6 heteroatoms. The second-order valence-electron chi connectivity index (χ2n) is 8.25. The molecule has 1 aliphatic heterocycles. The lowest BCUT2D eigenvalue weighted by molar-refractivity contribution is -0.384. The molecule has 26 heavy (non-hydrogen) atoms. The van der Waals surface area contributed by atoms with Gasteiger partial charge in [-0.05, 0) is 58.1 Å². The molecule has 142 valence electrons. The first-order chi connectivity index (χ1) is 12.3. The summed E-state index contributed by atoms with van der Waals surface area (Å²) in [5.74, 6) is 0.737. The molecule has 1 heterocycles. The van der Waals surface area contributed by atoms with Gasteiger partial charge in [0.25, 0.3) is 5.69 Å². The van der Waals surface area contributed by atoms with Crippen LogP contribution in [0.25, 0.3) is 0 Å². The van der Waals surface area contributed by atoms with Gasteiger partial charge in [0.05, 0.1) is 10.6 Å². The molecule has 0 amide bonds. The lowest BCUT2D eigenvalue weighted by Gasteiger charge is -2.35. The van der Waals surface area contributed by atoms with E-state index in [2.05, 4.69) is 25.7 Å². The summed E-state index contributed by atoms with van der Waals surface area (Å²) in [6.45, 7) is 9.77. The van der Waals surface area contributed by atoms with Gasteiger partial charge in [-0.2, -0.15) is 0 Å². The molecular formula is C20H29N3O2S. The van der Waals surface area contributed by atoms with E-state index >= 15 is 0 Å². The number of hydrogen-bond donors (Lipinski definition) is 0. The number of thioether (sulfide) groups is 1. The monoisotopic (exact) mass is 375 g/mol. The Morgan fingerprint density at radius 2 is 2.00 bits per heavy atom. The second-order valence-corrected chi connectivity index (χ2v) is 9.93. The number of nitro groups is 1. The van der Waals surface area contributed by atoms with Gasteiger partial charge in [0.15, 0.2) is 5.17 Å². The highest BCUT2D eigenvalue weighted by molar-refractivity contribution is 8.15. The normalized spacial score (nSPS) is 23.4. The predicted molar refractivity (Wildman–Crippen MR) is 109 cm³/mol. The molecule has 0 radical (unpaired) electrons. The zero-order chi connectivity index (χ0) is 18.9. The van der Waals surface area contributed by atoms with E-state index in [0.29, 0.717) is 6.04 Å². The maximum absolute atomic E-state index is 11.0. The molecule has 3 rings (SSSR count). The van der Waals surface area contributed by atoms with E-state index in [1.807, 2.05) is 18.7 Å². The molecule has 0 unspecified atom stereocenters. The maximum atomic E-state index is 11.0. The van der Waals surface area contributed by atoms with Crippen LogP contribution in [0.5, 0.6) is 0 Å². The number of benzene rings is 1. The van der Waals surface area contributed by atoms with Crippen molar-refractivity contribution >= 4 is 28.3 Å². The molecule has 1 saturated carbocycles. The minimum Gasteiger partial charge on any atom is -0.347 e.